The Kier molecular flexibility index (Phi) is 4.60. The summed E-state index contributed by atoms with van der Waals surface area (Å²) in [5.74, 6) is -0.241. The lowest BCUT2D eigenvalue weighted by Crippen LogP contribution is -2.17. The Labute approximate surface area is 119 Å². The largest absolute Gasteiger partial charge is 0.462 e. The molecule has 0 fully saturated rings. The molecule has 1 aliphatic rings. The monoisotopic (exact) mass is 294 g/mol. The lowest BCUT2D eigenvalue weighted by Gasteiger charge is -2.17. The quantitative estimate of drug-likeness (QED) is 0.632. The number of ether oxygens (including phenoxy) is 1. The molecular weight excluding hydrogens is 276 g/mol. The van der Waals surface area contributed by atoms with Crippen LogP contribution in [0.15, 0.2) is 41.3 Å². The minimum atomic E-state index is -3.43. The molecule has 0 aromatic heterocycles. The second-order valence-corrected chi connectivity index (χ2v) is 7.00. The van der Waals surface area contributed by atoms with Crippen molar-refractivity contribution in [1.82, 2.24) is 0 Å². The predicted molar refractivity (Wildman–Crippen MR) is 76.3 cm³/mol. The third kappa shape index (κ3) is 3.70. The zero-order valence-corrected chi connectivity index (χ0v) is 12.2. The summed E-state index contributed by atoms with van der Waals surface area (Å²) in [4.78, 5) is 12.1. The number of carbonyl (C=O) groups excluding carboxylic acids is 1. The van der Waals surface area contributed by atoms with Crippen molar-refractivity contribution in [3.8, 4) is 0 Å². The zero-order chi connectivity index (χ0) is 14.6. The number of rotatable bonds is 4. The van der Waals surface area contributed by atoms with Gasteiger partial charge in [0, 0.05) is 6.26 Å². The normalized spacial score (nSPS) is 18.8. The third-order valence-corrected chi connectivity index (χ3v) is 4.49. The fraction of sp³-hybridized carbons (Fsp3) is 0.400. The molecule has 4 nitrogen and oxygen atoms in total. The molecule has 20 heavy (non-hydrogen) atoms. The maximum atomic E-state index is 12.1. The second-order valence-electron chi connectivity index (χ2n) is 5.02. The summed E-state index contributed by atoms with van der Waals surface area (Å²) in [5.41, 5.74) is 0.112. The van der Waals surface area contributed by atoms with Crippen molar-refractivity contribution < 1.29 is 17.9 Å². The van der Waals surface area contributed by atoms with Crippen LogP contribution in [0.1, 0.15) is 29.6 Å². The van der Waals surface area contributed by atoms with Crippen LogP contribution in [0.3, 0.4) is 0 Å². The van der Waals surface area contributed by atoms with Gasteiger partial charge in [-0.25, -0.2) is 13.2 Å². The number of hydrogen-bond acceptors (Lipinski definition) is 4. The number of carbonyl (C=O) groups is 1. The SMILES string of the molecule is CS(=O)(=O)c1ccccc1C(=O)OCC1CC=CCC1. The molecule has 0 saturated heterocycles. The van der Waals surface area contributed by atoms with E-state index in [0.717, 1.165) is 25.5 Å². The molecule has 0 saturated carbocycles. The van der Waals surface area contributed by atoms with Gasteiger partial charge in [0.1, 0.15) is 0 Å². The Hall–Kier alpha value is -1.62. The van der Waals surface area contributed by atoms with E-state index in [1.807, 2.05) is 0 Å². The fourth-order valence-corrected chi connectivity index (χ4v) is 3.11. The van der Waals surface area contributed by atoms with Gasteiger partial charge >= 0.3 is 5.97 Å². The number of allylic oxidation sites excluding steroid dienone is 2. The number of esters is 1. The lowest BCUT2D eigenvalue weighted by molar-refractivity contribution is 0.0428. The van der Waals surface area contributed by atoms with Gasteiger partial charge in [-0.1, -0.05) is 24.3 Å². The summed E-state index contributed by atoms with van der Waals surface area (Å²) >= 11 is 0. The third-order valence-electron chi connectivity index (χ3n) is 3.33. The Morgan fingerprint density at radius 2 is 2.05 bits per heavy atom. The molecule has 0 radical (unpaired) electrons. The van der Waals surface area contributed by atoms with Gasteiger partial charge in [-0.3, -0.25) is 0 Å². The van der Waals surface area contributed by atoms with Crippen LogP contribution in [0.4, 0.5) is 0 Å². The van der Waals surface area contributed by atoms with Crippen molar-refractivity contribution in [2.75, 3.05) is 12.9 Å². The minimum Gasteiger partial charge on any atom is -0.462 e. The van der Waals surface area contributed by atoms with E-state index in [-0.39, 0.29) is 10.5 Å². The molecule has 5 heteroatoms. The van der Waals surface area contributed by atoms with E-state index in [4.69, 9.17) is 4.74 Å². The second kappa shape index (κ2) is 6.22. The van der Waals surface area contributed by atoms with E-state index in [1.165, 1.54) is 12.1 Å². The first-order valence-corrected chi connectivity index (χ1v) is 8.49. The molecule has 0 bridgehead atoms. The Bertz CT molecular complexity index is 617. The lowest BCUT2D eigenvalue weighted by atomic mass is 9.95. The molecule has 0 amide bonds. The molecule has 1 unspecified atom stereocenters. The van der Waals surface area contributed by atoms with Crippen LogP contribution >= 0.6 is 0 Å². The first-order chi connectivity index (χ1) is 9.48. The van der Waals surface area contributed by atoms with Gasteiger partial charge in [0.2, 0.25) is 0 Å². The summed E-state index contributed by atoms with van der Waals surface area (Å²) in [6, 6.07) is 6.14. The highest BCUT2D eigenvalue weighted by Gasteiger charge is 2.20. The van der Waals surface area contributed by atoms with Crippen LogP contribution in [-0.2, 0) is 14.6 Å². The molecule has 0 aliphatic heterocycles. The predicted octanol–water partition coefficient (Wildman–Crippen LogP) is 2.60. The average Bonchev–Trinajstić information content (AvgIpc) is 2.45. The first-order valence-electron chi connectivity index (χ1n) is 6.59. The van der Waals surface area contributed by atoms with Gasteiger partial charge in [0.25, 0.3) is 0 Å². The van der Waals surface area contributed by atoms with Gasteiger partial charge in [0.15, 0.2) is 9.84 Å². The smallest absolute Gasteiger partial charge is 0.339 e. The van der Waals surface area contributed by atoms with Crippen LogP contribution in [0, 0.1) is 5.92 Å². The number of benzene rings is 1. The highest BCUT2D eigenvalue weighted by molar-refractivity contribution is 7.90. The van der Waals surface area contributed by atoms with Gasteiger partial charge in [-0.2, -0.15) is 0 Å². The number of hydrogen-bond donors (Lipinski definition) is 0. The van der Waals surface area contributed by atoms with Crippen molar-refractivity contribution in [2.24, 2.45) is 5.92 Å². The summed E-state index contributed by atoms with van der Waals surface area (Å²) in [5, 5.41) is 0. The number of sulfone groups is 1. The van der Waals surface area contributed by atoms with E-state index in [1.54, 1.807) is 12.1 Å². The highest BCUT2D eigenvalue weighted by atomic mass is 32.2. The van der Waals surface area contributed by atoms with Gasteiger partial charge < -0.3 is 4.74 Å². The van der Waals surface area contributed by atoms with Crippen LogP contribution in [0.25, 0.3) is 0 Å². The first kappa shape index (κ1) is 14.8. The average molecular weight is 294 g/mol. The van der Waals surface area contributed by atoms with Gasteiger partial charge in [-0.05, 0) is 37.3 Å². The molecule has 2 rings (SSSR count). The van der Waals surface area contributed by atoms with Crippen molar-refractivity contribution in [1.29, 1.82) is 0 Å². The van der Waals surface area contributed by atoms with Crippen LogP contribution in [0.2, 0.25) is 0 Å². The molecule has 0 spiro atoms. The van der Waals surface area contributed by atoms with E-state index in [0.29, 0.717) is 12.5 Å². The minimum absolute atomic E-state index is 0.0218. The fourth-order valence-electron chi connectivity index (χ4n) is 2.24. The molecule has 1 atom stereocenters. The molecule has 1 aliphatic carbocycles. The van der Waals surface area contributed by atoms with Crippen LogP contribution in [-0.4, -0.2) is 27.2 Å². The Balaban J connectivity index is 2.08. The zero-order valence-electron chi connectivity index (χ0n) is 11.4. The molecule has 1 aromatic rings. The Morgan fingerprint density at radius 3 is 2.70 bits per heavy atom. The van der Waals surface area contributed by atoms with Gasteiger partial charge in [0.05, 0.1) is 17.1 Å². The highest BCUT2D eigenvalue weighted by Crippen LogP contribution is 2.20. The molecular formula is C15H18O4S. The molecule has 1 aromatic carbocycles. The van der Waals surface area contributed by atoms with E-state index in [2.05, 4.69) is 12.2 Å². The maximum Gasteiger partial charge on any atom is 0.339 e. The molecule has 0 heterocycles. The maximum absolute atomic E-state index is 12.1. The summed E-state index contributed by atoms with van der Waals surface area (Å²) in [6.45, 7) is 0.335. The van der Waals surface area contributed by atoms with Crippen molar-refractivity contribution in [3.63, 3.8) is 0 Å². The van der Waals surface area contributed by atoms with Crippen molar-refractivity contribution in [3.05, 3.63) is 42.0 Å². The topological polar surface area (TPSA) is 60.4 Å². The molecule has 108 valence electrons. The van der Waals surface area contributed by atoms with E-state index in [9.17, 15) is 13.2 Å². The van der Waals surface area contributed by atoms with E-state index < -0.39 is 15.8 Å². The Morgan fingerprint density at radius 1 is 1.30 bits per heavy atom. The summed E-state index contributed by atoms with van der Waals surface area (Å²) in [6.07, 6.45) is 8.20. The standard InChI is InChI=1S/C15H18O4S/c1-20(17,18)14-10-6-5-9-13(14)15(16)19-11-12-7-3-2-4-8-12/h2-3,5-6,9-10,12H,4,7-8,11H2,1H3. The van der Waals surface area contributed by atoms with Crippen molar-refractivity contribution in [2.45, 2.75) is 24.2 Å². The van der Waals surface area contributed by atoms with Gasteiger partial charge in [-0.15, -0.1) is 0 Å². The summed E-state index contributed by atoms with van der Waals surface area (Å²) in [7, 11) is -3.43. The summed E-state index contributed by atoms with van der Waals surface area (Å²) < 4.78 is 28.6. The van der Waals surface area contributed by atoms with Crippen LogP contribution in [0.5, 0.6) is 0 Å². The van der Waals surface area contributed by atoms with Crippen LogP contribution < -0.4 is 0 Å². The van der Waals surface area contributed by atoms with Crippen molar-refractivity contribution >= 4 is 15.8 Å². The van der Waals surface area contributed by atoms with E-state index >= 15 is 0 Å². The molecule has 0 N–H and O–H groups in total.